The summed E-state index contributed by atoms with van der Waals surface area (Å²) in [6, 6.07) is 7.65. The molecule has 3 N–H and O–H groups in total. The molecule has 0 aliphatic carbocycles. The number of thiazole rings is 1. The summed E-state index contributed by atoms with van der Waals surface area (Å²) >= 11 is 1.61. The molecule has 0 bridgehead atoms. The Morgan fingerprint density at radius 1 is 1.20 bits per heavy atom. The number of amides is 2. The lowest BCUT2D eigenvalue weighted by atomic mass is 9.89. The zero-order chi connectivity index (χ0) is 24.7. The third kappa shape index (κ3) is 4.61. The minimum absolute atomic E-state index is 0.191. The van der Waals surface area contributed by atoms with E-state index in [4.69, 9.17) is 10.7 Å². The first-order valence-electron chi connectivity index (χ1n) is 11.5. The largest absolute Gasteiger partial charge is 0.383 e. The van der Waals surface area contributed by atoms with E-state index in [1.54, 1.807) is 40.1 Å². The molecule has 1 saturated heterocycles. The molecule has 35 heavy (non-hydrogen) atoms. The molecule has 1 aromatic carbocycles. The van der Waals surface area contributed by atoms with Gasteiger partial charge in [-0.1, -0.05) is 13.0 Å². The number of fused-ring (bicyclic) bond motifs is 1. The standard InChI is InChI=1S/C25H27N7O2S/c1-14-4-6-20(32(12-14)25(34)23(33)29-18-8-15(2)22(26)27-11-18)16-5-7-21-19(9-16)30-24(35-21)17-10-28-31(3)13-17/h5,7-11,13-14,20H,4,6,12H2,1-3H3,(H2,26,27)(H,29,33)/t14-,20+/m0/s1. The maximum atomic E-state index is 13.3. The van der Waals surface area contributed by atoms with Gasteiger partial charge >= 0.3 is 11.8 Å². The number of rotatable bonds is 3. The Kier molecular flexibility index (Phi) is 5.98. The zero-order valence-electron chi connectivity index (χ0n) is 19.9. The SMILES string of the molecule is Cc1cc(NC(=O)C(=O)N2C[C@@H](C)CC[C@@H]2c2ccc3sc(-c4cnn(C)c4)nc3c2)cnc1N. The second-order valence-corrected chi connectivity index (χ2v) is 10.2. The molecule has 3 aromatic heterocycles. The Balaban J connectivity index is 1.40. The number of anilines is 2. The number of pyridine rings is 1. The van der Waals surface area contributed by atoms with Crippen molar-refractivity contribution in [2.45, 2.75) is 32.7 Å². The highest BCUT2D eigenvalue weighted by atomic mass is 32.1. The summed E-state index contributed by atoms with van der Waals surface area (Å²) in [5.41, 5.74) is 9.79. The number of nitrogens with one attached hydrogen (secondary N) is 1. The Bertz CT molecular complexity index is 1430. The number of carbonyl (C=O) groups excluding carboxylic acids is 2. The third-order valence-electron chi connectivity index (χ3n) is 6.40. The van der Waals surface area contributed by atoms with Gasteiger partial charge in [-0.3, -0.25) is 14.3 Å². The van der Waals surface area contributed by atoms with E-state index in [9.17, 15) is 9.59 Å². The number of hydrogen-bond donors (Lipinski definition) is 2. The summed E-state index contributed by atoms with van der Waals surface area (Å²) in [6.45, 7) is 4.42. The van der Waals surface area contributed by atoms with Crippen LogP contribution < -0.4 is 11.1 Å². The van der Waals surface area contributed by atoms with Crippen molar-refractivity contribution in [1.29, 1.82) is 0 Å². The second-order valence-electron chi connectivity index (χ2n) is 9.18. The van der Waals surface area contributed by atoms with Crippen LogP contribution >= 0.6 is 11.3 Å². The van der Waals surface area contributed by atoms with Crippen LogP contribution in [0.4, 0.5) is 11.5 Å². The topological polar surface area (TPSA) is 119 Å². The van der Waals surface area contributed by atoms with Gasteiger partial charge in [0.1, 0.15) is 10.8 Å². The molecule has 2 amide bonds. The number of benzene rings is 1. The van der Waals surface area contributed by atoms with Gasteiger partial charge in [0.15, 0.2) is 0 Å². The molecule has 180 valence electrons. The van der Waals surface area contributed by atoms with Gasteiger partial charge in [0.2, 0.25) is 0 Å². The first-order chi connectivity index (χ1) is 16.8. The minimum Gasteiger partial charge on any atom is -0.383 e. The first-order valence-corrected chi connectivity index (χ1v) is 12.3. The van der Waals surface area contributed by atoms with Gasteiger partial charge in [-0.15, -0.1) is 11.3 Å². The molecule has 1 aliphatic rings. The van der Waals surface area contributed by atoms with Gasteiger partial charge in [-0.2, -0.15) is 5.10 Å². The summed E-state index contributed by atoms with van der Waals surface area (Å²) in [4.78, 5) is 36.7. The number of piperidine rings is 1. The molecule has 2 atom stereocenters. The van der Waals surface area contributed by atoms with Crippen molar-refractivity contribution in [2.75, 3.05) is 17.6 Å². The van der Waals surface area contributed by atoms with Crippen molar-refractivity contribution in [1.82, 2.24) is 24.6 Å². The number of nitrogen functional groups attached to an aromatic ring is 1. The van der Waals surface area contributed by atoms with Crippen molar-refractivity contribution >= 4 is 44.9 Å². The summed E-state index contributed by atoms with van der Waals surface area (Å²) < 4.78 is 2.82. The maximum Gasteiger partial charge on any atom is 0.313 e. The number of hydrogen-bond acceptors (Lipinski definition) is 7. The van der Waals surface area contributed by atoms with Crippen LogP contribution in [-0.2, 0) is 16.6 Å². The Labute approximate surface area is 207 Å². The summed E-state index contributed by atoms with van der Waals surface area (Å²) in [6.07, 6.45) is 6.97. The molecule has 0 spiro atoms. The van der Waals surface area contributed by atoms with Crippen molar-refractivity contribution in [3.63, 3.8) is 0 Å². The fraction of sp³-hybridized carbons (Fsp3) is 0.320. The minimum atomic E-state index is -0.677. The molecule has 10 heteroatoms. The van der Waals surface area contributed by atoms with E-state index >= 15 is 0 Å². The van der Waals surface area contributed by atoms with Gasteiger partial charge < -0.3 is 16.0 Å². The van der Waals surface area contributed by atoms with E-state index < -0.39 is 11.8 Å². The van der Waals surface area contributed by atoms with Crippen LogP contribution in [0.25, 0.3) is 20.8 Å². The molecule has 4 heterocycles. The van der Waals surface area contributed by atoms with Gasteiger partial charge in [0.25, 0.3) is 0 Å². The number of aryl methyl sites for hydroxylation is 2. The first kappa shape index (κ1) is 23.0. The molecule has 1 aliphatic heterocycles. The molecule has 9 nitrogen and oxygen atoms in total. The van der Waals surface area contributed by atoms with Gasteiger partial charge in [-0.05, 0) is 55.0 Å². The number of nitrogens with two attached hydrogens (primary N) is 1. The monoisotopic (exact) mass is 489 g/mol. The second kappa shape index (κ2) is 9.10. The molecule has 1 fully saturated rings. The fourth-order valence-electron chi connectivity index (χ4n) is 4.50. The lowest BCUT2D eigenvalue weighted by Gasteiger charge is -2.38. The Hall–Kier alpha value is -3.79. The molecule has 4 aromatic rings. The van der Waals surface area contributed by atoms with E-state index in [1.165, 1.54) is 6.20 Å². The van der Waals surface area contributed by atoms with Crippen LogP contribution in [0.1, 0.15) is 36.9 Å². The highest BCUT2D eigenvalue weighted by Gasteiger charge is 2.34. The van der Waals surface area contributed by atoms with Crippen LogP contribution in [0.2, 0.25) is 0 Å². The summed E-state index contributed by atoms with van der Waals surface area (Å²) in [7, 11) is 1.88. The molecular formula is C25H27N7O2S. The lowest BCUT2D eigenvalue weighted by molar-refractivity contribution is -0.146. The van der Waals surface area contributed by atoms with Crippen molar-refractivity contribution < 1.29 is 9.59 Å². The van der Waals surface area contributed by atoms with Crippen molar-refractivity contribution in [2.24, 2.45) is 13.0 Å². The van der Waals surface area contributed by atoms with Crippen LogP contribution in [0, 0.1) is 12.8 Å². The quantitative estimate of drug-likeness (QED) is 0.421. The number of nitrogens with zero attached hydrogens (tertiary/aromatic N) is 5. The summed E-state index contributed by atoms with van der Waals surface area (Å²) in [5, 5.41) is 7.82. The highest BCUT2D eigenvalue weighted by Crippen LogP contribution is 2.37. The van der Waals surface area contributed by atoms with Crippen LogP contribution in [0.5, 0.6) is 0 Å². The van der Waals surface area contributed by atoms with E-state index in [0.29, 0.717) is 24.0 Å². The molecule has 0 unspecified atom stereocenters. The predicted molar refractivity (Wildman–Crippen MR) is 137 cm³/mol. The fourth-order valence-corrected chi connectivity index (χ4v) is 5.42. The molecule has 0 radical (unpaired) electrons. The van der Waals surface area contributed by atoms with Crippen LogP contribution in [-0.4, -0.2) is 43.0 Å². The van der Waals surface area contributed by atoms with Gasteiger partial charge in [0, 0.05) is 25.4 Å². The average molecular weight is 490 g/mol. The van der Waals surface area contributed by atoms with E-state index in [1.807, 2.05) is 31.4 Å². The smallest absolute Gasteiger partial charge is 0.313 e. The van der Waals surface area contributed by atoms with E-state index in [2.05, 4.69) is 22.3 Å². The van der Waals surface area contributed by atoms with Gasteiger partial charge in [0.05, 0.1) is 34.3 Å². The normalized spacial score (nSPS) is 18.1. The van der Waals surface area contributed by atoms with E-state index in [-0.39, 0.29) is 6.04 Å². The highest BCUT2D eigenvalue weighted by molar-refractivity contribution is 7.21. The molecular weight excluding hydrogens is 462 g/mol. The lowest BCUT2D eigenvalue weighted by Crippen LogP contribution is -2.46. The third-order valence-corrected chi connectivity index (χ3v) is 7.48. The van der Waals surface area contributed by atoms with Crippen molar-refractivity contribution in [3.05, 3.63) is 54.0 Å². The maximum absolute atomic E-state index is 13.3. The number of aromatic nitrogens is 4. The molecule has 0 saturated carbocycles. The molecule has 5 rings (SSSR count). The predicted octanol–water partition coefficient (Wildman–Crippen LogP) is 3.92. The van der Waals surface area contributed by atoms with Crippen LogP contribution in [0.3, 0.4) is 0 Å². The number of likely N-dealkylation sites (tertiary alicyclic amines) is 1. The Morgan fingerprint density at radius 2 is 2.03 bits per heavy atom. The van der Waals surface area contributed by atoms with Gasteiger partial charge in [-0.25, -0.2) is 9.97 Å². The zero-order valence-corrected chi connectivity index (χ0v) is 20.7. The Morgan fingerprint density at radius 3 is 2.77 bits per heavy atom. The number of carbonyl (C=O) groups is 2. The summed E-state index contributed by atoms with van der Waals surface area (Å²) in [5.74, 6) is -0.527. The van der Waals surface area contributed by atoms with E-state index in [0.717, 1.165) is 44.8 Å². The average Bonchev–Trinajstić information content (AvgIpc) is 3.46. The van der Waals surface area contributed by atoms with Crippen LogP contribution in [0.15, 0.2) is 42.9 Å². The van der Waals surface area contributed by atoms with Crippen molar-refractivity contribution in [3.8, 4) is 10.6 Å².